The van der Waals surface area contributed by atoms with Gasteiger partial charge in [0.05, 0.1) is 0 Å². The minimum atomic E-state index is -0.158. The number of benzene rings is 3. The van der Waals surface area contributed by atoms with E-state index < -0.39 is 0 Å². The Morgan fingerprint density at radius 1 is 0.667 bits per heavy atom. The lowest BCUT2D eigenvalue weighted by atomic mass is 9.71. The predicted molar refractivity (Wildman–Crippen MR) is 139 cm³/mol. The van der Waals surface area contributed by atoms with Crippen LogP contribution in [0.25, 0.3) is 5.57 Å². The summed E-state index contributed by atoms with van der Waals surface area (Å²) in [5, 5.41) is 0. The number of allylic oxidation sites excluding steroid dienone is 4. The lowest BCUT2D eigenvalue weighted by Crippen LogP contribution is -2.23. The summed E-state index contributed by atoms with van der Waals surface area (Å²) in [5.41, 5.74) is 6.95. The molecule has 0 saturated carbocycles. The van der Waals surface area contributed by atoms with E-state index in [1.807, 2.05) is 36.4 Å². The van der Waals surface area contributed by atoms with E-state index in [1.165, 1.54) is 22.3 Å². The SMILES string of the molecule is CCc1ccc(CCC2(CCc3ccc(CC)cc3)C=CC(c3ccccc3)=C(F)C2)cc1. The molecule has 170 valence electrons. The second-order valence-electron chi connectivity index (χ2n) is 9.40. The highest BCUT2D eigenvalue weighted by Gasteiger charge is 2.32. The maximum absolute atomic E-state index is 15.5. The van der Waals surface area contributed by atoms with Crippen LogP contribution < -0.4 is 0 Å². The van der Waals surface area contributed by atoms with Crippen LogP contribution in [0.3, 0.4) is 0 Å². The van der Waals surface area contributed by atoms with Crippen molar-refractivity contribution in [3.63, 3.8) is 0 Å². The van der Waals surface area contributed by atoms with Gasteiger partial charge in [-0.15, -0.1) is 0 Å². The Bertz CT molecular complexity index is 1030. The highest BCUT2D eigenvalue weighted by Crippen LogP contribution is 2.44. The second-order valence-corrected chi connectivity index (χ2v) is 9.40. The Labute approximate surface area is 198 Å². The van der Waals surface area contributed by atoms with Crippen LogP contribution in [0, 0.1) is 5.41 Å². The van der Waals surface area contributed by atoms with E-state index in [1.54, 1.807) is 0 Å². The molecule has 1 aliphatic rings. The first kappa shape index (κ1) is 23.2. The van der Waals surface area contributed by atoms with E-state index >= 15 is 4.39 Å². The molecule has 0 bridgehead atoms. The molecule has 4 rings (SSSR count). The molecule has 0 nitrogen and oxygen atoms in total. The van der Waals surface area contributed by atoms with Crippen LogP contribution in [0.1, 0.15) is 60.9 Å². The van der Waals surface area contributed by atoms with Gasteiger partial charge >= 0.3 is 0 Å². The zero-order valence-electron chi connectivity index (χ0n) is 20.0. The van der Waals surface area contributed by atoms with Gasteiger partial charge in [0.15, 0.2) is 0 Å². The molecular weight excluding hydrogens is 403 g/mol. The minimum Gasteiger partial charge on any atom is -0.211 e. The number of hydrogen-bond donors (Lipinski definition) is 0. The van der Waals surface area contributed by atoms with Gasteiger partial charge in [-0.2, -0.15) is 0 Å². The van der Waals surface area contributed by atoms with Crippen molar-refractivity contribution < 1.29 is 4.39 Å². The molecule has 3 aromatic rings. The molecule has 3 aromatic carbocycles. The molecule has 0 N–H and O–H groups in total. The molecule has 1 heteroatoms. The number of aryl methyl sites for hydroxylation is 4. The van der Waals surface area contributed by atoms with Crippen molar-refractivity contribution in [1.82, 2.24) is 0 Å². The fraction of sp³-hybridized carbons (Fsp3) is 0.312. The first-order valence-electron chi connectivity index (χ1n) is 12.4. The maximum atomic E-state index is 15.5. The summed E-state index contributed by atoms with van der Waals surface area (Å²) in [4.78, 5) is 0. The van der Waals surface area contributed by atoms with Gasteiger partial charge in [0.1, 0.15) is 5.83 Å². The average Bonchev–Trinajstić information content (AvgIpc) is 2.87. The molecule has 0 aliphatic heterocycles. The lowest BCUT2D eigenvalue weighted by molar-refractivity contribution is 0.294. The standard InChI is InChI=1S/C32H35F/c1-3-25-10-14-27(15-11-25)18-21-32(22-19-28-16-12-26(4-2)13-17-28)23-20-30(31(33)24-32)29-8-6-5-7-9-29/h5-17,20,23H,3-4,18-19,21-22,24H2,1-2H3. The topological polar surface area (TPSA) is 0 Å². The highest BCUT2D eigenvalue weighted by atomic mass is 19.1. The molecule has 33 heavy (non-hydrogen) atoms. The summed E-state index contributed by atoms with van der Waals surface area (Å²) in [6.07, 6.45) is 10.8. The predicted octanol–water partition coefficient (Wildman–Crippen LogP) is 8.70. The van der Waals surface area contributed by atoms with E-state index in [0.29, 0.717) is 6.42 Å². The van der Waals surface area contributed by atoms with Crippen LogP contribution in [-0.4, -0.2) is 0 Å². The van der Waals surface area contributed by atoms with Crippen molar-refractivity contribution in [2.45, 2.75) is 58.8 Å². The highest BCUT2D eigenvalue weighted by molar-refractivity contribution is 5.76. The van der Waals surface area contributed by atoms with Crippen molar-refractivity contribution in [2.24, 2.45) is 5.41 Å². The Kier molecular flexibility index (Phi) is 7.60. The van der Waals surface area contributed by atoms with Crippen molar-refractivity contribution >= 4 is 5.57 Å². The van der Waals surface area contributed by atoms with Crippen LogP contribution >= 0.6 is 0 Å². The normalized spacial score (nSPS) is 15.1. The third-order valence-electron chi connectivity index (χ3n) is 7.17. The van der Waals surface area contributed by atoms with E-state index in [-0.39, 0.29) is 11.2 Å². The number of halogens is 1. The van der Waals surface area contributed by atoms with Crippen molar-refractivity contribution in [3.05, 3.63) is 125 Å². The summed E-state index contributed by atoms with van der Waals surface area (Å²) in [6, 6.07) is 27.8. The van der Waals surface area contributed by atoms with Gasteiger partial charge in [-0.25, -0.2) is 4.39 Å². The average molecular weight is 439 g/mol. The van der Waals surface area contributed by atoms with Gasteiger partial charge in [-0.05, 0) is 71.8 Å². The van der Waals surface area contributed by atoms with E-state index in [9.17, 15) is 0 Å². The van der Waals surface area contributed by atoms with E-state index in [2.05, 4.69) is 68.5 Å². The summed E-state index contributed by atoms with van der Waals surface area (Å²) in [7, 11) is 0. The fourth-order valence-corrected chi connectivity index (χ4v) is 4.82. The number of rotatable bonds is 9. The maximum Gasteiger partial charge on any atom is 0.109 e. The van der Waals surface area contributed by atoms with Gasteiger partial charge in [0.25, 0.3) is 0 Å². The summed E-state index contributed by atoms with van der Waals surface area (Å²) >= 11 is 0. The van der Waals surface area contributed by atoms with Crippen LogP contribution in [0.4, 0.5) is 4.39 Å². The van der Waals surface area contributed by atoms with Gasteiger partial charge in [0, 0.05) is 12.0 Å². The van der Waals surface area contributed by atoms with Crippen molar-refractivity contribution in [1.29, 1.82) is 0 Å². The third-order valence-corrected chi connectivity index (χ3v) is 7.17. The molecule has 0 fully saturated rings. The Morgan fingerprint density at radius 3 is 1.61 bits per heavy atom. The zero-order valence-corrected chi connectivity index (χ0v) is 20.0. The Balaban J connectivity index is 1.53. The van der Waals surface area contributed by atoms with Crippen LogP contribution in [0.2, 0.25) is 0 Å². The smallest absolute Gasteiger partial charge is 0.109 e. The van der Waals surface area contributed by atoms with Crippen molar-refractivity contribution in [3.8, 4) is 0 Å². The van der Waals surface area contributed by atoms with Gasteiger partial charge in [-0.1, -0.05) is 105 Å². The minimum absolute atomic E-state index is 0.0198. The summed E-state index contributed by atoms with van der Waals surface area (Å²) in [6.45, 7) is 4.37. The van der Waals surface area contributed by atoms with E-state index in [0.717, 1.165) is 49.7 Å². The monoisotopic (exact) mass is 438 g/mol. The van der Waals surface area contributed by atoms with Crippen LogP contribution in [0.5, 0.6) is 0 Å². The molecule has 0 aromatic heterocycles. The Hall–Kier alpha value is -2.93. The number of hydrogen-bond acceptors (Lipinski definition) is 0. The molecule has 0 amide bonds. The molecule has 0 atom stereocenters. The van der Waals surface area contributed by atoms with Gasteiger partial charge in [-0.3, -0.25) is 0 Å². The molecule has 0 saturated heterocycles. The van der Waals surface area contributed by atoms with Gasteiger partial charge < -0.3 is 0 Å². The zero-order chi connectivity index (χ0) is 23.1. The molecule has 0 heterocycles. The lowest BCUT2D eigenvalue weighted by Gasteiger charge is -2.34. The van der Waals surface area contributed by atoms with E-state index in [4.69, 9.17) is 0 Å². The largest absolute Gasteiger partial charge is 0.211 e. The van der Waals surface area contributed by atoms with Crippen LogP contribution in [-0.2, 0) is 25.7 Å². The first-order valence-corrected chi connectivity index (χ1v) is 12.4. The van der Waals surface area contributed by atoms with Crippen molar-refractivity contribution in [2.75, 3.05) is 0 Å². The van der Waals surface area contributed by atoms with Gasteiger partial charge in [0.2, 0.25) is 0 Å². The summed E-state index contributed by atoms with van der Waals surface area (Å²) < 4.78 is 15.5. The first-order chi connectivity index (χ1) is 16.1. The molecule has 0 unspecified atom stereocenters. The second kappa shape index (κ2) is 10.8. The molecular formula is C32H35F. The third kappa shape index (κ3) is 5.90. The van der Waals surface area contributed by atoms with Crippen LogP contribution in [0.15, 0.2) is 96.8 Å². The molecule has 0 spiro atoms. The Morgan fingerprint density at radius 2 is 1.15 bits per heavy atom. The molecule has 0 radical (unpaired) electrons. The fourth-order valence-electron chi connectivity index (χ4n) is 4.82. The summed E-state index contributed by atoms with van der Waals surface area (Å²) in [5.74, 6) is 0.0198. The molecule has 1 aliphatic carbocycles. The quantitative estimate of drug-likeness (QED) is 0.313.